The number of pyridine rings is 1. The number of rotatable bonds is 5. The van der Waals surface area contributed by atoms with Crippen LogP contribution in [0.1, 0.15) is 41.0 Å². The normalized spacial score (nSPS) is 10.4. The van der Waals surface area contributed by atoms with Crippen molar-refractivity contribution >= 4 is 17.5 Å². The second kappa shape index (κ2) is 6.39. The third-order valence-electron chi connectivity index (χ3n) is 3.45. The van der Waals surface area contributed by atoms with Crippen molar-refractivity contribution in [1.82, 2.24) is 4.98 Å². The van der Waals surface area contributed by atoms with Gasteiger partial charge in [-0.2, -0.15) is 0 Å². The summed E-state index contributed by atoms with van der Waals surface area (Å²) >= 11 is 0. The predicted octanol–water partition coefficient (Wildman–Crippen LogP) is 3.96. The van der Waals surface area contributed by atoms with E-state index < -0.39 is 5.97 Å². The van der Waals surface area contributed by atoms with Gasteiger partial charge in [0, 0.05) is 11.4 Å². The molecule has 0 unspecified atom stereocenters. The Hall–Kier alpha value is -2.36. The number of aryl methyl sites for hydroxylation is 3. The number of para-hydroxylation sites is 1. The molecule has 0 bridgehead atoms. The van der Waals surface area contributed by atoms with Gasteiger partial charge in [-0.1, -0.05) is 32.0 Å². The van der Waals surface area contributed by atoms with Crippen LogP contribution in [-0.4, -0.2) is 16.1 Å². The van der Waals surface area contributed by atoms with Crippen LogP contribution in [0.3, 0.4) is 0 Å². The lowest BCUT2D eigenvalue weighted by Gasteiger charge is -2.15. The molecule has 21 heavy (non-hydrogen) atoms. The molecule has 0 atom stereocenters. The van der Waals surface area contributed by atoms with Crippen molar-refractivity contribution in [2.24, 2.45) is 0 Å². The number of hydrogen-bond acceptors (Lipinski definition) is 3. The number of aromatic carboxylic acids is 1. The van der Waals surface area contributed by atoms with Gasteiger partial charge in [0.15, 0.2) is 0 Å². The van der Waals surface area contributed by atoms with Gasteiger partial charge in [0.05, 0.1) is 5.56 Å². The summed E-state index contributed by atoms with van der Waals surface area (Å²) in [4.78, 5) is 15.5. The molecule has 4 heteroatoms. The number of nitrogens with one attached hydrogen (secondary N) is 1. The van der Waals surface area contributed by atoms with E-state index in [4.69, 9.17) is 5.11 Å². The summed E-state index contributed by atoms with van der Waals surface area (Å²) < 4.78 is 0. The number of anilines is 2. The van der Waals surface area contributed by atoms with E-state index in [1.807, 2.05) is 0 Å². The van der Waals surface area contributed by atoms with Crippen molar-refractivity contribution in [3.8, 4) is 0 Å². The molecule has 0 aliphatic rings. The molecule has 110 valence electrons. The van der Waals surface area contributed by atoms with Gasteiger partial charge in [-0.25, -0.2) is 9.78 Å². The van der Waals surface area contributed by atoms with E-state index >= 15 is 0 Å². The fourth-order valence-electron chi connectivity index (χ4n) is 2.39. The summed E-state index contributed by atoms with van der Waals surface area (Å²) in [6, 6.07) is 9.35. The first-order chi connectivity index (χ1) is 10.0. The number of benzene rings is 1. The molecule has 0 amide bonds. The van der Waals surface area contributed by atoms with Crippen LogP contribution in [0.5, 0.6) is 0 Å². The average molecular weight is 284 g/mol. The third-order valence-corrected chi connectivity index (χ3v) is 3.45. The number of carbonyl (C=O) groups is 1. The summed E-state index contributed by atoms with van der Waals surface area (Å²) in [7, 11) is 0. The zero-order chi connectivity index (χ0) is 15.4. The number of hydrogen-bond donors (Lipinski definition) is 2. The Morgan fingerprint density at radius 3 is 2.33 bits per heavy atom. The van der Waals surface area contributed by atoms with Crippen LogP contribution in [0.2, 0.25) is 0 Å². The van der Waals surface area contributed by atoms with Gasteiger partial charge < -0.3 is 10.4 Å². The highest BCUT2D eigenvalue weighted by Gasteiger charge is 2.10. The average Bonchev–Trinajstić information content (AvgIpc) is 2.46. The van der Waals surface area contributed by atoms with Crippen molar-refractivity contribution in [2.75, 3.05) is 5.32 Å². The van der Waals surface area contributed by atoms with Crippen molar-refractivity contribution in [3.05, 3.63) is 52.7 Å². The van der Waals surface area contributed by atoms with Gasteiger partial charge in [0.2, 0.25) is 0 Å². The van der Waals surface area contributed by atoms with Crippen LogP contribution in [0.15, 0.2) is 30.3 Å². The zero-order valence-corrected chi connectivity index (χ0v) is 12.6. The van der Waals surface area contributed by atoms with E-state index in [2.05, 4.69) is 42.3 Å². The Morgan fingerprint density at radius 1 is 1.19 bits per heavy atom. The largest absolute Gasteiger partial charge is 0.478 e. The van der Waals surface area contributed by atoms with Crippen molar-refractivity contribution < 1.29 is 9.90 Å². The molecule has 0 saturated heterocycles. The lowest BCUT2D eigenvalue weighted by Crippen LogP contribution is -2.05. The van der Waals surface area contributed by atoms with Crippen LogP contribution >= 0.6 is 0 Å². The lowest BCUT2D eigenvalue weighted by atomic mass is 10.0. The molecule has 4 nitrogen and oxygen atoms in total. The molecular formula is C17H20N2O2. The number of carboxylic acids is 1. The van der Waals surface area contributed by atoms with Crippen LogP contribution in [0.25, 0.3) is 0 Å². The highest BCUT2D eigenvalue weighted by Crippen LogP contribution is 2.26. The smallest absolute Gasteiger partial charge is 0.335 e. The van der Waals surface area contributed by atoms with E-state index in [1.165, 1.54) is 11.1 Å². The Bertz CT molecular complexity index is 644. The Balaban J connectivity index is 2.45. The fraction of sp³-hybridized carbons (Fsp3) is 0.294. The van der Waals surface area contributed by atoms with E-state index in [0.29, 0.717) is 11.5 Å². The highest BCUT2D eigenvalue weighted by atomic mass is 16.4. The van der Waals surface area contributed by atoms with E-state index in [0.717, 1.165) is 18.5 Å². The van der Waals surface area contributed by atoms with Crippen LogP contribution in [0, 0.1) is 6.92 Å². The zero-order valence-electron chi connectivity index (χ0n) is 12.6. The summed E-state index contributed by atoms with van der Waals surface area (Å²) in [6.07, 6.45) is 1.82. The van der Waals surface area contributed by atoms with E-state index in [9.17, 15) is 4.79 Å². The van der Waals surface area contributed by atoms with Gasteiger partial charge in [0.25, 0.3) is 0 Å². The molecule has 0 spiro atoms. The standard InChI is InChI=1S/C17H20N2O2/c1-4-12-7-6-8-13(5-2)16(12)19-15-10-14(17(20)21)9-11(3)18-15/h6-10H,4-5H2,1-3H3,(H,18,19)(H,20,21). The first kappa shape index (κ1) is 15.0. The second-order valence-electron chi connectivity index (χ2n) is 4.97. The summed E-state index contributed by atoms with van der Waals surface area (Å²) in [5.74, 6) is -0.369. The first-order valence-electron chi connectivity index (χ1n) is 7.14. The van der Waals surface area contributed by atoms with Crippen LogP contribution in [0.4, 0.5) is 11.5 Å². The second-order valence-corrected chi connectivity index (χ2v) is 4.97. The molecule has 1 heterocycles. The van der Waals surface area contributed by atoms with Crippen LogP contribution < -0.4 is 5.32 Å². The van der Waals surface area contributed by atoms with Gasteiger partial charge in [-0.3, -0.25) is 0 Å². The molecule has 0 radical (unpaired) electrons. The molecule has 2 aromatic rings. The van der Waals surface area contributed by atoms with Crippen LogP contribution in [-0.2, 0) is 12.8 Å². The molecule has 0 aliphatic heterocycles. The Kier molecular flexibility index (Phi) is 4.58. The molecule has 2 N–H and O–H groups in total. The molecule has 1 aromatic heterocycles. The lowest BCUT2D eigenvalue weighted by molar-refractivity contribution is 0.0696. The van der Waals surface area contributed by atoms with Gasteiger partial charge >= 0.3 is 5.97 Å². The number of nitrogens with zero attached hydrogens (tertiary/aromatic N) is 1. The van der Waals surface area contributed by atoms with Crippen molar-refractivity contribution in [2.45, 2.75) is 33.6 Å². The summed E-state index contributed by atoms with van der Waals surface area (Å²) in [5, 5.41) is 12.5. The molecule has 0 aliphatic carbocycles. The molecular weight excluding hydrogens is 264 g/mol. The molecule has 0 fully saturated rings. The predicted molar refractivity (Wildman–Crippen MR) is 84.4 cm³/mol. The summed E-state index contributed by atoms with van der Waals surface area (Å²) in [5.41, 5.74) is 4.38. The van der Waals surface area contributed by atoms with Gasteiger partial charge in [-0.05, 0) is 43.0 Å². The maximum atomic E-state index is 11.1. The Morgan fingerprint density at radius 2 is 1.81 bits per heavy atom. The minimum absolute atomic E-state index is 0.247. The molecule has 2 rings (SSSR count). The van der Waals surface area contributed by atoms with E-state index in [-0.39, 0.29) is 5.56 Å². The van der Waals surface area contributed by atoms with Gasteiger partial charge in [-0.15, -0.1) is 0 Å². The highest BCUT2D eigenvalue weighted by molar-refractivity contribution is 5.89. The fourth-order valence-corrected chi connectivity index (χ4v) is 2.39. The monoisotopic (exact) mass is 284 g/mol. The maximum Gasteiger partial charge on any atom is 0.335 e. The molecule has 1 aromatic carbocycles. The maximum absolute atomic E-state index is 11.1. The summed E-state index contributed by atoms with van der Waals surface area (Å²) in [6.45, 7) is 6.00. The first-order valence-corrected chi connectivity index (χ1v) is 7.14. The minimum Gasteiger partial charge on any atom is -0.478 e. The quantitative estimate of drug-likeness (QED) is 0.872. The topological polar surface area (TPSA) is 62.2 Å². The van der Waals surface area contributed by atoms with E-state index in [1.54, 1.807) is 19.1 Å². The number of carboxylic acid groups (broad SMARTS) is 1. The van der Waals surface area contributed by atoms with Gasteiger partial charge in [0.1, 0.15) is 5.82 Å². The number of aromatic nitrogens is 1. The Labute approximate surface area is 124 Å². The van der Waals surface area contributed by atoms with Crippen molar-refractivity contribution in [3.63, 3.8) is 0 Å². The third kappa shape index (κ3) is 3.40. The molecule has 0 saturated carbocycles. The van der Waals surface area contributed by atoms with Crippen molar-refractivity contribution in [1.29, 1.82) is 0 Å². The SMILES string of the molecule is CCc1cccc(CC)c1Nc1cc(C(=O)O)cc(C)n1. The minimum atomic E-state index is -0.942.